The molecule has 0 radical (unpaired) electrons. The fraction of sp³-hybridized carbons (Fsp3) is 0.545. The standard InChI is InChI=1S/C11H17N5O2/c1-18-8-3-2-6-16(7-8)11-9(10(12)15-17)4-5-13-14-11/h4-5,8,17H,2-3,6-7H2,1H3,(H2,12,15). The molecule has 2 rings (SSSR count). The maximum Gasteiger partial charge on any atom is 0.173 e. The summed E-state index contributed by atoms with van der Waals surface area (Å²) in [6.45, 7) is 1.60. The van der Waals surface area contributed by atoms with E-state index in [2.05, 4.69) is 20.3 Å². The lowest BCUT2D eigenvalue weighted by Gasteiger charge is -2.33. The van der Waals surface area contributed by atoms with Crippen molar-refractivity contribution in [1.29, 1.82) is 0 Å². The minimum absolute atomic E-state index is 0.0411. The molecule has 2 heterocycles. The number of anilines is 1. The van der Waals surface area contributed by atoms with Gasteiger partial charge in [0.05, 0.1) is 17.9 Å². The highest BCUT2D eigenvalue weighted by molar-refractivity contribution is 6.01. The summed E-state index contributed by atoms with van der Waals surface area (Å²) < 4.78 is 5.37. The zero-order valence-electron chi connectivity index (χ0n) is 10.3. The van der Waals surface area contributed by atoms with Crippen LogP contribution in [0.4, 0.5) is 5.82 Å². The molecule has 1 aliphatic heterocycles. The molecule has 1 aromatic rings. The lowest BCUT2D eigenvalue weighted by atomic mass is 10.1. The van der Waals surface area contributed by atoms with E-state index >= 15 is 0 Å². The van der Waals surface area contributed by atoms with Gasteiger partial charge in [0, 0.05) is 20.2 Å². The summed E-state index contributed by atoms with van der Waals surface area (Å²) in [6, 6.07) is 1.69. The highest BCUT2D eigenvalue weighted by Crippen LogP contribution is 2.21. The molecule has 0 bridgehead atoms. The van der Waals surface area contributed by atoms with E-state index in [1.807, 2.05) is 0 Å². The van der Waals surface area contributed by atoms with E-state index in [4.69, 9.17) is 15.7 Å². The number of ether oxygens (including phenoxy) is 1. The van der Waals surface area contributed by atoms with Crippen LogP contribution in [0.15, 0.2) is 17.4 Å². The van der Waals surface area contributed by atoms with Gasteiger partial charge in [0.1, 0.15) is 0 Å². The van der Waals surface area contributed by atoms with Crippen LogP contribution in [0.25, 0.3) is 0 Å². The first-order valence-corrected chi connectivity index (χ1v) is 5.83. The normalized spacial score (nSPS) is 21.1. The predicted octanol–water partition coefficient (Wildman–Crippen LogP) is 0.186. The molecule has 7 nitrogen and oxygen atoms in total. The lowest BCUT2D eigenvalue weighted by molar-refractivity contribution is 0.0891. The summed E-state index contributed by atoms with van der Waals surface area (Å²) in [5.74, 6) is 0.675. The minimum Gasteiger partial charge on any atom is -0.409 e. The average Bonchev–Trinajstić information content (AvgIpc) is 2.46. The molecule has 1 aromatic heterocycles. The Hall–Kier alpha value is -1.89. The molecule has 0 amide bonds. The van der Waals surface area contributed by atoms with Crippen LogP contribution >= 0.6 is 0 Å². The van der Waals surface area contributed by atoms with Crippen molar-refractivity contribution in [2.24, 2.45) is 10.9 Å². The third-order valence-corrected chi connectivity index (χ3v) is 3.10. The summed E-state index contributed by atoms with van der Waals surface area (Å²) in [5, 5.41) is 19.8. The number of hydrogen-bond donors (Lipinski definition) is 2. The van der Waals surface area contributed by atoms with Gasteiger partial charge in [-0.2, -0.15) is 5.10 Å². The SMILES string of the molecule is COC1CCCN(c2nnccc2/C(N)=N/O)C1. The van der Waals surface area contributed by atoms with E-state index < -0.39 is 0 Å². The lowest BCUT2D eigenvalue weighted by Crippen LogP contribution is -2.40. The monoisotopic (exact) mass is 251 g/mol. The van der Waals surface area contributed by atoms with Gasteiger partial charge in [-0.15, -0.1) is 5.10 Å². The van der Waals surface area contributed by atoms with Crippen LogP contribution in [0, 0.1) is 0 Å². The highest BCUT2D eigenvalue weighted by atomic mass is 16.5. The molecule has 0 aliphatic carbocycles. The van der Waals surface area contributed by atoms with E-state index in [0.29, 0.717) is 11.4 Å². The number of nitrogens with two attached hydrogens (primary N) is 1. The molecule has 1 atom stereocenters. The van der Waals surface area contributed by atoms with Crippen molar-refractivity contribution in [1.82, 2.24) is 10.2 Å². The second-order valence-electron chi connectivity index (χ2n) is 4.20. The summed E-state index contributed by atoms with van der Waals surface area (Å²) >= 11 is 0. The smallest absolute Gasteiger partial charge is 0.173 e. The average molecular weight is 251 g/mol. The molecule has 1 fully saturated rings. The Labute approximate surface area is 105 Å². The number of aromatic nitrogens is 2. The Morgan fingerprint density at radius 1 is 1.67 bits per heavy atom. The number of piperidine rings is 1. The number of amidine groups is 1. The molecular weight excluding hydrogens is 234 g/mol. The molecule has 98 valence electrons. The quantitative estimate of drug-likeness (QED) is 0.344. The molecule has 0 spiro atoms. The van der Waals surface area contributed by atoms with Crippen LogP contribution < -0.4 is 10.6 Å². The summed E-state index contributed by atoms with van der Waals surface area (Å²) in [5.41, 5.74) is 6.23. The van der Waals surface area contributed by atoms with E-state index in [9.17, 15) is 0 Å². The Kier molecular flexibility index (Phi) is 3.93. The van der Waals surface area contributed by atoms with Crippen molar-refractivity contribution in [3.8, 4) is 0 Å². The van der Waals surface area contributed by atoms with Gasteiger partial charge in [0.2, 0.25) is 0 Å². The van der Waals surface area contributed by atoms with Gasteiger partial charge < -0.3 is 20.6 Å². The summed E-state index contributed by atoms with van der Waals surface area (Å²) in [4.78, 5) is 2.05. The Morgan fingerprint density at radius 3 is 3.22 bits per heavy atom. The summed E-state index contributed by atoms with van der Waals surface area (Å²) in [6.07, 6.45) is 3.76. The Morgan fingerprint density at radius 2 is 2.50 bits per heavy atom. The first kappa shape index (κ1) is 12.6. The summed E-state index contributed by atoms with van der Waals surface area (Å²) in [7, 11) is 1.70. The molecular formula is C11H17N5O2. The maximum atomic E-state index is 8.78. The molecule has 0 aromatic carbocycles. The highest BCUT2D eigenvalue weighted by Gasteiger charge is 2.23. The van der Waals surface area contributed by atoms with Gasteiger partial charge in [0.15, 0.2) is 11.7 Å². The molecule has 0 saturated carbocycles. The minimum atomic E-state index is 0.0411. The number of rotatable bonds is 3. The van der Waals surface area contributed by atoms with Crippen LogP contribution in [0.5, 0.6) is 0 Å². The van der Waals surface area contributed by atoms with Crippen LogP contribution in [0.1, 0.15) is 18.4 Å². The van der Waals surface area contributed by atoms with E-state index in [1.165, 1.54) is 6.20 Å². The first-order valence-electron chi connectivity index (χ1n) is 5.83. The second kappa shape index (κ2) is 5.63. The third kappa shape index (κ3) is 2.51. The molecule has 1 saturated heterocycles. The van der Waals surface area contributed by atoms with Gasteiger partial charge >= 0.3 is 0 Å². The van der Waals surface area contributed by atoms with Crippen molar-refractivity contribution in [3.05, 3.63) is 17.8 Å². The molecule has 18 heavy (non-hydrogen) atoms. The van der Waals surface area contributed by atoms with Crippen molar-refractivity contribution in [2.75, 3.05) is 25.1 Å². The van der Waals surface area contributed by atoms with Crippen LogP contribution in [-0.4, -0.2) is 47.5 Å². The number of hydrogen-bond acceptors (Lipinski definition) is 6. The topological polar surface area (TPSA) is 96.9 Å². The maximum absolute atomic E-state index is 8.78. The zero-order chi connectivity index (χ0) is 13.0. The largest absolute Gasteiger partial charge is 0.409 e. The van der Waals surface area contributed by atoms with Gasteiger partial charge in [0.25, 0.3) is 0 Å². The fourth-order valence-corrected chi connectivity index (χ4v) is 2.13. The van der Waals surface area contributed by atoms with Crippen LogP contribution in [-0.2, 0) is 4.74 Å². The van der Waals surface area contributed by atoms with E-state index in [0.717, 1.165) is 25.9 Å². The van der Waals surface area contributed by atoms with Crippen LogP contribution in [0.2, 0.25) is 0 Å². The second-order valence-corrected chi connectivity index (χ2v) is 4.20. The number of nitrogens with zero attached hydrogens (tertiary/aromatic N) is 4. The molecule has 3 N–H and O–H groups in total. The molecule has 1 unspecified atom stereocenters. The van der Waals surface area contributed by atoms with E-state index in [-0.39, 0.29) is 11.9 Å². The molecule has 1 aliphatic rings. The fourth-order valence-electron chi connectivity index (χ4n) is 2.13. The third-order valence-electron chi connectivity index (χ3n) is 3.10. The molecule has 7 heteroatoms. The Bertz CT molecular complexity index is 437. The van der Waals surface area contributed by atoms with Crippen molar-refractivity contribution >= 4 is 11.7 Å². The van der Waals surface area contributed by atoms with Crippen molar-refractivity contribution in [2.45, 2.75) is 18.9 Å². The van der Waals surface area contributed by atoms with Crippen LogP contribution in [0.3, 0.4) is 0 Å². The van der Waals surface area contributed by atoms with Crippen molar-refractivity contribution < 1.29 is 9.94 Å². The number of oxime groups is 1. The Balaban J connectivity index is 2.27. The number of methoxy groups -OCH3 is 1. The van der Waals surface area contributed by atoms with Crippen molar-refractivity contribution in [3.63, 3.8) is 0 Å². The van der Waals surface area contributed by atoms with Gasteiger partial charge in [-0.05, 0) is 18.9 Å². The predicted molar refractivity (Wildman–Crippen MR) is 66.8 cm³/mol. The van der Waals surface area contributed by atoms with Gasteiger partial charge in [-0.1, -0.05) is 5.16 Å². The first-order chi connectivity index (χ1) is 8.76. The van der Waals surface area contributed by atoms with Gasteiger partial charge in [-0.3, -0.25) is 0 Å². The van der Waals surface area contributed by atoms with Gasteiger partial charge in [-0.25, -0.2) is 0 Å². The zero-order valence-corrected chi connectivity index (χ0v) is 10.3. The van der Waals surface area contributed by atoms with E-state index in [1.54, 1.807) is 13.2 Å².